The number of carbonyl (C=O) groups is 2. The normalized spacial score (nSPS) is 15.6. The predicted molar refractivity (Wildman–Crippen MR) is 180 cm³/mol. The molecule has 3 N–H and O–H groups in total. The zero-order valence-electron chi connectivity index (χ0n) is 24.1. The Morgan fingerprint density at radius 3 is 1.35 bits per heavy atom. The van der Waals surface area contributed by atoms with E-state index < -0.39 is 0 Å². The van der Waals surface area contributed by atoms with E-state index in [1.165, 1.54) is 0 Å². The van der Waals surface area contributed by atoms with Crippen LogP contribution in [0.1, 0.15) is 13.8 Å². The standard InChI is InChI=1S/C34H24N2O2.C3H8O.Al/c37-31-15-7-3-11-25(31)21-35-29-19-17-23-9-1-5-13-27(23)33(29)34-28-14-6-2-10-24(28)18-20-30(34)36-22-26-12-4-8-16-32(26)38;1-3(2)4;/h1-22,35-36H;3-4H,1-2H3;/b25-21-,26-22-;;. The van der Waals surface area contributed by atoms with Gasteiger partial charge in [0.15, 0.2) is 11.6 Å². The fourth-order valence-corrected chi connectivity index (χ4v) is 4.83. The molecule has 0 fully saturated rings. The summed E-state index contributed by atoms with van der Waals surface area (Å²) in [6.07, 6.45) is 17.3. The van der Waals surface area contributed by atoms with Crippen LogP contribution in [0.4, 0.5) is 11.4 Å². The van der Waals surface area contributed by atoms with Crippen molar-refractivity contribution >= 4 is 61.8 Å². The molecule has 0 aromatic heterocycles. The number of allylic oxidation sites excluding steroid dienone is 10. The number of rotatable bonds is 5. The first-order valence-corrected chi connectivity index (χ1v) is 13.9. The lowest BCUT2D eigenvalue weighted by atomic mass is 9.91. The van der Waals surface area contributed by atoms with Crippen LogP contribution in [0.5, 0.6) is 0 Å². The van der Waals surface area contributed by atoms with E-state index in [1.807, 2.05) is 48.6 Å². The third kappa shape index (κ3) is 7.38. The van der Waals surface area contributed by atoms with Gasteiger partial charge in [-0.3, -0.25) is 9.59 Å². The lowest BCUT2D eigenvalue weighted by molar-refractivity contribution is -0.111. The average molecular weight is 580 g/mol. The van der Waals surface area contributed by atoms with Crippen molar-refractivity contribution < 1.29 is 14.7 Å². The van der Waals surface area contributed by atoms with Gasteiger partial charge >= 0.3 is 0 Å². The van der Waals surface area contributed by atoms with E-state index in [4.69, 9.17) is 5.11 Å². The second-order valence-corrected chi connectivity index (χ2v) is 10.2. The smallest absolute Gasteiger partial charge is 0.187 e. The summed E-state index contributed by atoms with van der Waals surface area (Å²) in [4.78, 5) is 24.7. The Bertz CT molecular complexity index is 1720. The van der Waals surface area contributed by atoms with Gasteiger partial charge in [0.2, 0.25) is 0 Å². The van der Waals surface area contributed by atoms with Gasteiger partial charge < -0.3 is 15.7 Å². The van der Waals surface area contributed by atoms with Crippen LogP contribution in [0, 0.1) is 0 Å². The topological polar surface area (TPSA) is 78.4 Å². The van der Waals surface area contributed by atoms with Gasteiger partial charge in [-0.2, -0.15) is 0 Å². The first kappa shape index (κ1) is 31.2. The third-order valence-electron chi connectivity index (χ3n) is 6.71. The van der Waals surface area contributed by atoms with E-state index in [-0.39, 0.29) is 35.0 Å². The minimum absolute atomic E-state index is 0. The van der Waals surface area contributed by atoms with Gasteiger partial charge in [0, 0.05) is 69.5 Å². The van der Waals surface area contributed by atoms with Crippen LogP contribution in [-0.2, 0) is 9.59 Å². The van der Waals surface area contributed by atoms with Crippen LogP contribution < -0.4 is 10.6 Å². The van der Waals surface area contributed by atoms with Crippen LogP contribution in [0.25, 0.3) is 32.7 Å². The first-order valence-electron chi connectivity index (χ1n) is 13.9. The molecule has 211 valence electrons. The molecule has 0 heterocycles. The highest BCUT2D eigenvalue weighted by molar-refractivity contribution is 6.14. The Balaban J connectivity index is 0.000000798. The van der Waals surface area contributed by atoms with Crippen molar-refractivity contribution in [3.05, 3.63) is 145 Å². The highest BCUT2D eigenvalue weighted by atomic mass is 27.0. The molecule has 0 aliphatic heterocycles. The van der Waals surface area contributed by atoms with Crippen molar-refractivity contribution in [3.8, 4) is 11.1 Å². The van der Waals surface area contributed by atoms with Crippen LogP contribution >= 0.6 is 0 Å². The summed E-state index contributed by atoms with van der Waals surface area (Å²) in [6, 6.07) is 24.8. The molecule has 0 amide bonds. The molecule has 0 unspecified atom stereocenters. The Morgan fingerprint density at radius 2 is 0.953 bits per heavy atom. The number of ketones is 2. The molecular weight excluding hydrogens is 547 g/mol. The highest BCUT2D eigenvalue weighted by Crippen LogP contribution is 2.43. The summed E-state index contributed by atoms with van der Waals surface area (Å²) in [5.41, 5.74) is 4.93. The molecule has 43 heavy (non-hydrogen) atoms. The molecule has 6 heteroatoms. The fourth-order valence-electron chi connectivity index (χ4n) is 4.83. The molecule has 0 saturated carbocycles. The first-order chi connectivity index (χ1) is 20.4. The number of nitrogens with one attached hydrogen (secondary N) is 2. The number of fused-ring (bicyclic) bond motifs is 2. The van der Waals surface area contributed by atoms with E-state index in [1.54, 1.807) is 62.7 Å². The van der Waals surface area contributed by atoms with Gasteiger partial charge in [-0.15, -0.1) is 0 Å². The molecule has 6 rings (SSSR count). The molecule has 0 atom stereocenters. The van der Waals surface area contributed by atoms with Gasteiger partial charge in [-0.05, 0) is 71.8 Å². The Morgan fingerprint density at radius 1 is 0.581 bits per heavy atom. The van der Waals surface area contributed by atoms with Crippen molar-refractivity contribution in [2.24, 2.45) is 0 Å². The second-order valence-electron chi connectivity index (χ2n) is 10.2. The number of hydrogen-bond acceptors (Lipinski definition) is 5. The summed E-state index contributed by atoms with van der Waals surface area (Å²) >= 11 is 0. The molecule has 4 aromatic rings. The maximum Gasteiger partial charge on any atom is 0.187 e. The third-order valence-corrected chi connectivity index (χ3v) is 6.71. The summed E-state index contributed by atoms with van der Waals surface area (Å²) < 4.78 is 0. The molecule has 2 aliphatic carbocycles. The molecular formula is C37H32AlN2O3. The summed E-state index contributed by atoms with van der Waals surface area (Å²) in [5, 5.41) is 19.3. The number of benzene rings is 4. The Labute approximate surface area is 262 Å². The van der Waals surface area contributed by atoms with E-state index in [9.17, 15) is 9.59 Å². The molecule has 4 aromatic carbocycles. The molecule has 5 nitrogen and oxygen atoms in total. The summed E-state index contributed by atoms with van der Waals surface area (Å²) in [6.45, 7) is 3.44. The van der Waals surface area contributed by atoms with E-state index in [2.05, 4.69) is 47.0 Å². The van der Waals surface area contributed by atoms with Crippen molar-refractivity contribution in [3.63, 3.8) is 0 Å². The zero-order chi connectivity index (χ0) is 29.5. The lowest BCUT2D eigenvalue weighted by Crippen LogP contribution is -2.04. The number of aliphatic hydroxyl groups excluding tert-OH is 1. The van der Waals surface area contributed by atoms with E-state index in [0.717, 1.165) is 44.0 Å². The largest absolute Gasteiger partial charge is 0.394 e. The van der Waals surface area contributed by atoms with Crippen LogP contribution in [0.2, 0.25) is 0 Å². The highest BCUT2D eigenvalue weighted by Gasteiger charge is 2.17. The number of aliphatic hydroxyl groups is 1. The number of carbonyl (C=O) groups excluding carboxylic acids is 2. The lowest BCUT2D eigenvalue weighted by Gasteiger charge is -2.20. The Hall–Kier alpha value is -4.73. The minimum Gasteiger partial charge on any atom is -0.394 e. The SMILES string of the molecule is CC(C)O.O=C1C=CC=C/C1=C/Nc1ccc2ccccc2c1-c1c(N/C=C2/C=CC=CC2=O)ccc2ccccc12.[Al]. The Kier molecular flexibility index (Phi) is 10.5. The van der Waals surface area contributed by atoms with E-state index >= 15 is 0 Å². The summed E-state index contributed by atoms with van der Waals surface area (Å²) in [7, 11) is 0. The molecule has 0 saturated heterocycles. The minimum atomic E-state index is -0.167. The fraction of sp³-hybridized carbons (Fsp3) is 0.0811. The quantitative estimate of drug-likeness (QED) is 0.167. The van der Waals surface area contributed by atoms with Gasteiger partial charge in [-0.1, -0.05) is 85.0 Å². The van der Waals surface area contributed by atoms with Gasteiger partial charge in [0.25, 0.3) is 0 Å². The van der Waals surface area contributed by atoms with Crippen LogP contribution in [0.15, 0.2) is 145 Å². The van der Waals surface area contributed by atoms with Crippen molar-refractivity contribution in [1.29, 1.82) is 0 Å². The van der Waals surface area contributed by atoms with Crippen LogP contribution in [-0.4, -0.2) is 40.1 Å². The van der Waals surface area contributed by atoms with Gasteiger partial charge in [-0.25, -0.2) is 0 Å². The number of anilines is 2. The van der Waals surface area contributed by atoms with Crippen molar-refractivity contribution in [1.82, 2.24) is 0 Å². The molecule has 3 radical (unpaired) electrons. The zero-order valence-corrected chi connectivity index (χ0v) is 25.3. The maximum atomic E-state index is 12.4. The van der Waals surface area contributed by atoms with Crippen molar-refractivity contribution in [2.75, 3.05) is 10.6 Å². The van der Waals surface area contributed by atoms with Gasteiger partial charge in [0.1, 0.15) is 0 Å². The van der Waals surface area contributed by atoms with Crippen LogP contribution in [0.3, 0.4) is 0 Å². The maximum absolute atomic E-state index is 12.4. The van der Waals surface area contributed by atoms with Gasteiger partial charge in [0.05, 0.1) is 0 Å². The second kappa shape index (κ2) is 14.4. The van der Waals surface area contributed by atoms with Crippen molar-refractivity contribution in [2.45, 2.75) is 20.0 Å². The molecule has 0 bridgehead atoms. The molecule has 0 spiro atoms. The molecule has 2 aliphatic rings. The predicted octanol–water partition coefficient (Wildman–Crippen LogP) is 7.65. The average Bonchev–Trinajstić information content (AvgIpc) is 2.99. The summed E-state index contributed by atoms with van der Waals surface area (Å²) in [5.74, 6) is -0.0820. The van der Waals surface area contributed by atoms with E-state index in [0.29, 0.717) is 11.1 Å². The number of hydrogen-bond donors (Lipinski definition) is 3. The monoisotopic (exact) mass is 579 g/mol.